The number of aromatic nitrogens is 1. The fourth-order valence-corrected chi connectivity index (χ4v) is 2.64. The Labute approximate surface area is 140 Å². The van der Waals surface area contributed by atoms with Crippen LogP contribution in [-0.2, 0) is 19.5 Å². The zero-order valence-corrected chi connectivity index (χ0v) is 13.5. The lowest BCUT2D eigenvalue weighted by atomic mass is 10.1. The molecule has 0 bridgehead atoms. The van der Waals surface area contributed by atoms with Crippen LogP contribution in [0.3, 0.4) is 0 Å². The Morgan fingerprint density at radius 3 is 2.71 bits per heavy atom. The summed E-state index contributed by atoms with van der Waals surface area (Å²) in [5, 5.41) is 12.5. The molecule has 0 atom stereocenters. The van der Waals surface area contributed by atoms with E-state index in [4.69, 9.17) is 14.6 Å². The van der Waals surface area contributed by atoms with Gasteiger partial charge in [-0.1, -0.05) is 13.0 Å². The first-order valence-electron chi connectivity index (χ1n) is 7.98. The topological polar surface area (TPSA) is 80.7 Å². The molecule has 0 fully saturated rings. The summed E-state index contributed by atoms with van der Waals surface area (Å²) in [6.45, 7) is 4.30. The van der Waals surface area contributed by atoms with Gasteiger partial charge in [-0.3, -0.25) is 4.98 Å². The average Bonchev–Trinajstić information content (AvgIpc) is 2.61. The van der Waals surface area contributed by atoms with Crippen molar-refractivity contribution in [3.63, 3.8) is 0 Å². The number of hydrogen-bond acceptors (Lipinski definition) is 5. The molecule has 1 aliphatic heterocycles. The van der Waals surface area contributed by atoms with Crippen LogP contribution in [0.4, 0.5) is 0 Å². The molecule has 0 radical (unpaired) electrons. The molecule has 0 amide bonds. The molecule has 1 aromatic carbocycles. The molecule has 0 saturated heterocycles. The number of nitrogens with one attached hydrogen (secondary N) is 1. The highest BCUT2D eigenvalue weighted by Crippen LogP contribution is 2.30. The highest BCUT2D eigenvalue weighted by molar-refractivity contribution is 5.88. The number of carboxylic acids is 1. The normalized spacial score (nSPS) is 12.9. The fraction of sp³-hybridized carbons (Fsp3) is 0.333. The predicted octanol–water partition coefficient (Wildman–Crippen LogP) is 2.40. The van der Waals surface area contributed by atoms with Crippen LogP contribution < -0.4 is 14.8 Å². The van der Waals surface area contributed by atoms with Gasteiger partial charge < -0.3 is 19.9 Å². The van der Waals surface area contributed by atoms with Crippen molar-refractivity contribution in [2.24, 2.45) is 0 Å². The number of pyridine rings is 1. The second kappa shape index (κ2) is 7.31. The number of ether oxygens (including phenoxy) is 2. The van der Waals surface area contributed by atoms with Crippen LogP contribution in [-0.4, -0.2) is 29.3 Å². The van der Waals surface area contributed by atoms with Gasteiger partial charge in [0.1, 0.15) is 13.2 Å². The maximum absolute atomic E-state index is 11.1. The van der Waals surface area contributed by atoms with Gasteiger partial charge in [-0.05, 0) is 36.2 Å². The van der Waals surface area contributed by atoms with E-state index in [0.717, 1.165) is 22.8 Å². The van der Waals surface area contributed by atoms with Crippen LogP contribution in [0.15, 0.2) is 30.3 Å². The number of hydrogen-bond donors (Lipinski definition) is 2. The zero-order valence-electron chi connectivity index (χ0n) is 13.5. The number of benzene rings is 1. The molecule has 2 aromatic rings. The lowest BCUT2D eigenvalue weighted by molar-refractivity contribution is 0.0695. The van der Waals surface area contributed by atoms with Crippen LogP contribution in [0.2, 0.25) is 0 Å². The average molecular weight is 328 g/mol. The number of fused-ring (bicyclic) bond motifs is 1. The zero-order chi connectivity index (χ0) is 16.9. The lowest BCUT2D eigenvalue weighted by Crippen LogP contribution is -2.17. The van der Waals surface area contributed by atoms with Crippen LogP contribution in [0.25, 0.3) is 0 Å². The predicted molar refractivity (Wildman–Crippen MR) is 88.6 cm³/mol. The van der Waals surface area contributed by atoms with E-state index in [1.165, 1.54) is 0 Å². The first-order chi connectivity index (χ1) is 11.7. The summed E-state index contributed by atoms with van der Waals surface area (Å²) in [5.74, 6) is 0.622. The molecule has 2 N–H and O–H groups in total. The van der Waals surface area contributed by atoms with E-state index in [1.807, 2.05) is 25.1 Å². The molecular weight excluding hydrogens is 308 g/mol. The molecule has 1 aromatic heterocycles. The van der Waals surface area contributed by atoms with Crippen molar-refractivity contribution >= 4 is 5.97 Å². The van der Waals surface area contributed by atoms with E-state index in [2.05, 4.69) is 10.3 Å². The molecule has 6 nitrogen and oxygen atoms in total. The third-order valence-corrected chi connectivity index (χ3v) is 3.84. The molecule has 0 saturated carbocycles. The van der Waals surface area contributed by atoms with E-state index < -0.39 is 5.97 Å². The van der Waals surface area contributed by atoms with Gasteiger partial charge in [-0.25, -0.2) is 4.79 Å². The summed E-state index contributed by atoms with van der Waals surface area (Å²) in [6.07, 6.45) is 0.595. The summed E-state index contributed by atoms with van der Waals surface area (Å²) in [7, 11) is 0. The van der Waals surface area contributed by atoms with E-state index in [-0.39, 0.29) is 5.56 Å². The van der Waals surface area contributed by atoms with Gasteiger partial charge in [0.15, 0.2) is 11.5 Å². The Kier molecular flexibility index (Phi) is 4.96. The Hall–Kier alpha value is -2.60. The molecule has 3 rings (SSSR count). The van der Waals surface area contributed by atoms with Gasteiger partial charge in [-0.15, -0.1) is 0 Å². The van der Waals surface area contributed by atoms with Crippen molar-refractivity contribution < 1.29 is 19.4 Å². The second-order valence-corrected chi connectivity index (χ2v) is 5.54. The molecule has 1 aliphatic rings. The number of aromatic carboxylic acids is 1. The molecule has 0 unspecified atom stereocenters. The maximum Gasteiger partial charge on any atom is 0.337 e. The smallest absolute Gasteiger partial charge is 0.337 e. The van der Waals surface area contributed by atoms with Gasteiger partial charge in [0.05, 0.1) is 17.0 Å². The van der Waals surface area contributed by atoms with Gasteiger partial charge >= 0.3 is 5.97 Å². The van der Waals surface area contributed by atoms with Gasteiger partial charge in [0, 0.05) is 13.1 Å². The quantitative estimate of drug-likeness (QED) is 0.847. The standard InChI is InChI=1S/C18H20N2O4/c1-2-15-14(18(21)22)5-4-13(20-15)11-19-10-12-3-6-16-17(9-12)24-8-7-23-16/h3-6,9,19H,2,7-8,10-11H2,1H3,(H,21,22). The molecule has 0 spiro atoms. The Morgan fingerprint density at radius 2 is 1.96 bits per heavy atom. The molecular formula is C18H20N2O4. The van der Waals surface area contributed by atoms with Crippen LogP contribution in [0.5, 0.6) is 11.5 Å². The third kappa shape index (κ3) is 3.65. The second-order valence-electron chi connectivity index (χ2n) is 5.54. The molecule has 2 heterocycles. The minimum Gasteiger partial charge on any atom is -0.486 e. The van der Waals surface area contributed by atoms with Gasteiger partial charge in [0.2, 0.25) is 0 Å². The van der Waals surface area contributed by atoms with Crippen LogP contribution in [0.1, 0.15) is 34.2 Å². The van der Waals surface area contributed by atoms with Crippen molar-refractivity contribution in [1.29, 1.82) is 0 Å². The minimum absolute atomic E-state index is 0.271. The van der Waals surface area contributed by atoms with Crippen molar-refractivity contribution in [1.82, 2.24) is 10.3 Å². The maximum atomic E-state index is 11.1. The highest BCUT2D eigenvalue weighted by atomic mass is 16.6. The first kappa shape index (κ1) is 16.3. The van der Waals surface area contributed by atoms with Gasteiger partial charge in [0.25, 0.3) is 0 Å². The Balaban J connectivity index is 1.61. The number of rotatable bonds is 6. The van der Waals surface area contributed by atoms with Crippen molar-refractivity contribution in [2.45, 2.75) is 26.4 Å². The molecule has 126 valence electrons. The van der Waals surface area contributed by atoms with Crippen molar-refractivity contribution in [3.05, 3.63) is 52.8 Å². The lowest BCUT2D eigenvalue weighted by Gasteiger charge is -2.19. The SMILES string of the molecule is CCc1nc(CNCc2ccc3c(c2)OCCO3)ccc1C(=O)O. The van der Waals surface area contributed by atoms with E-state index in [1.54, 1.807) is 12.1 Å². The summed E-state index contributed by atoms with van der Waals surface area (Å²) in [4.78, 5) is 15.6. The summed E-state index contributed by atoms with van der Waals surface area (Å²) in [5.41, 5.74) is 2.81. The highest BCUT2D eigenvalue weighted by Gasteiger charge is 2.12. The number of nitrogens with zero attached hydrogens (tertiary/aromatic N) is 1. The number of carbonyl (C=O) groups is 1. The summed E-state index contributed by atoms with van der Waals surface area (Å²) >= 11 is 0. The van der Waals surface area contributed by atoms with E-state index >= 15 is 0 Å². The first-order valence-corrected chi connectivity index (χ1v) is 7.98. The number of aryl methyl sites for hydroxylation is 1. The minimum atomic E-state index is -0.935. The van der Waals surface area contributed by atoms with Crippen LogP contribution >= 0.6 is 0 Å². The van der Waals surface area contributed by atoms with Crippen molar-refractivity contribution in [2.75, 3.05) is 13.2 Å². The molecule has 24 heavy (non-hydrogen) atoms. The van der Waals surface area contributed by atoms with Crippen LogP contribution in [0, 0.1) is 0 Å². The monoisotopic (exact) mass is 328 g/mol. The molecule has 6 heteroatoms. The van der Waals surface area contributed by atoms with E-state index in [9.17, 15) is 4.79 Å². The Morgan fingerprint density at radius 1 is 1.17 bits per heavy atom. The van der Waals surface area contributed by atoms with Gasteiger partial charge in [-0.2, -0.15) is 0 Å². The number of carboxylic acid groups (broad SMARTS) is 1. The fourth-order valence-electron chi connectivity index (χ4n) is 2.64. The van der Waals surface area contributed by atoms with E-state index in [0.29, 0.717) is 38.4 Å². The van der Waals surface area contributed by atoms with Crippen molar-refractivity contribution in [3.8, 4) is 11.5 Å². The Bertz CT molecular complexity index is 746. The summed E-state index contributed by atoms with van der Waals surface area (Å²) in [6, 6.07) is 9.26. The largest absolute Gasteiger partial charge is 0.486 e. The molecule has 0 aliphatic carbocycles. The third-order valence-electron chi connectivity index (χ3n) is 3.84. The summed E-state index contributed by atoms with van der Waals surface area (Å²) < 4.78 is 11.1.